The summed E-state index contributed by atoms with van der Waals surface area (Å²) in [5.74, 6) is 0.686. The number of hydrogen-bond donors (Lipinski definition) is 1. The maximum Gasteiger partial charge on any atom is 0.271 e. The Bertz CT molecular complexity index is 1030. The molecule has 28 heavy (non-hydrogen) atoms. The molecular weight excluding hydrogens is 422 g/mol. The smallest absolute Gasteiger partial charge is 0.271 e. The molecule has 1 aliphatic rings. The summed E-state index contributed by atoms with van der Waals surface area (Å²) in [6.07, 6.45) is 2.16. The van der Waals surface area contributed by atoms with Crippen molar-refractivity contribution in [2.75, 3.05) is 11.1 Å². The van der Waals surface area contributed by atoms with Gasteiger partial charge in [0.05, 0.1) is 26.3 Å². The fraction of sp³-hybridized carbons (Fsp3) is 0.235. The molecule has 1 aliphatic carbocycles. The van der Waals surface area contributed by atoms with Crippen LogP contribution >= 0.6 is 34.7 Å². The third-order valence-electron chi connectivity index (χ3n) is 4.09. The van der Waals surface area contributed by atoms with Crippen molar-refractivity contribution < 1.29 is 9.72 Å². The maximum atomic E-state index is 12.3. The summed E-state index contributed by atoms with van der Waals surface area (Å²) in [5, 5.41) is 24.8. The van der Waals surface area contributed by atoms with Crippen LogP contribution in [0.3, 0.4) is 0 Å². The van der Waals surface area contributed by atoms with Gasteiger partial charge in [-0.3, -0.25) is 19.5 Å². The molecule has 0 aliphatic heterocycles. The zero-order valence-electron chi connectivity index (χ0n) is 14.4. The molecule has 144 valence electrons. The van der Waals surface area contributed by atoms with Crippen molar-refractivity contribution in [1.29, 1.82) is 0 Å². The summed E-state index contributed by atoms with van der Waals surface area (Å²) < 4.78 is 2.10. The number of benzene rings is 1. The SMILES string of the molecule is O=C(CSc1nnc(-c2cccs2)n1C1CC1)Nc1ccc([N+](=O)[O-])cc1Cl. The molecule has 1 saturated carbocycles. The van der Waals surface area contributed by atoms with Crippen molar-refractivity contribution in [3.63, 3.8) is 0 Å². The van der Waals surface area contributed by atoms with Crippen molar-refractivity contribution in [2.45, 2.75) is 24.0 Å². The molecule has 4 rings (SSSR count). The number of nitrogens with one attached hydrogen (secondary N) is 1. The van der Waals surface area contributed by atoms with E-state index in [2.05, 4.69) is 20.1 Å². The van der Waals surface area contributed by atoms with Gasteiger partial charge in [0, 0.05) is 18.2 Å². The molecule has 1 amide bonds. The van der Waals surface area contributed by atoms with E-state index in [1.165, 1.54) is 30.0 Å². The molecule has 1 fully saturated rings. The quantitative estimate of drug-likeness (QED) is 0.329. The highest BCUT2D eigenvalue weighted by atomic mass is 35.5. The van der Waals surface area contributed by atoms with Crippen LogP contribution in [0.4, 0.5) is 11.4 Å². The van der Waals surface area contributed by atoms with E-state index in [-0.39, 0.29) is 22.4 Å². The first-order valence-electron chi connectivity index (χ1n) is 8.38. The number of hydrogen-bond acceptors (Lipinski definition) is 7. The van der Waals surface area contributed by atoms with Crippen LogP contribution < -0.4 is 5.32 Å². The minimum atomic E-state index is -0.538. The van der Waals surface area contributed by atoms with Crippen LogP contribution in [0, 0.1) is 10.1 Å². The Kier molecular flexibility index (Phi) is 5.33. The van der Waals surface area contributed by atoms with E-state index in [9.17, 15) is 14.9 Å². The lowest BCUT2D eigenvalue weighted by Crippen LogP contribution is -2.15. The van der Waals surface area contributed by atoms with Crippen LogP contribution in [0.15, 0.2) is 40.9 Å². The van der Waals surface area contributed by atoms with Crippen molar-refractivity contribution in [2.24, 2.45) is 0 Å². The van der Waals surface area contributed by atoms with E-state index in [0.29, 0.717) is 16.9 Å². The number of carbonyl (C=O) groups excluding carboxylic acids is 1. The van der Waals surface area contributed by atoms with Gasteiger partial charge in [0.25, 0.3) is 5.69 Å². The highest BCUT2D eigenvalue weighted by Gasteiger charge is 2.30. The summed E-state index contributed by atoms with van der Waals surface area (Å²) in [4.78, 5) is 23.6. The van der Waals surface area contributed by atoms with Gasteiger partial charge in [0.2, 0.25) is 5.91 Å². The van der Waals surface area contributed by atoms with Gasteiger partial charge in [-0.1, -0.05) is 29.4 Å². The highest BCUT2D eigenvalue weighted by Crippen LogP contribution is 2.41. The fourth-order valence-electron chi connectivity index (χ4n) is 2.65. The predicted molar refractivity (Wildman–Crippen MR) is 109 cm³/mol. The summed E-state index contributed by atoms with van der Waals surface area (Å²) in [6.45, 7) is 0. The summed E-state index contributed by atoms with van der Waals surface area (Å²) in [6, 6.07) is 8.28. The predicted octanol–water partition coefficient (Wildman–Crippen LogP) is 4.63. The average Bonchev–Trinajstić information content (AvgIpc) is 3.18. The number of thioether (sulfide) groups is 1. The van der Waals surface area contributed by atoms with Crippen LogP contribution in [-0.2, 0) is 4.79 Å². The molecule has 2 aromatic heterocycles. The summed E-state index contributed by atoms with van der Waals surface area (Å²) in [7, 11) is 0. The molecule has 0 atom stereocenters. The Labute approximate surface area is 173 Å². The number of thiophene rings is 1. The summed E-state index contributed by atoms with van der Waals surface area (Å²) in [5.41, 5.74) is 0.205. The van der Waals surface area contributed by atoms with Crippen molar-refractivity contribution in [3.8, 4) is 10.7 Å². The first-order valence-corrected chi connectivity index (χ1v) is 10.6. The molecule has 3 aromatic rings. The van der Waals surface area contributed by atoms with Gasteiger partial charge in [-0.25, -0.2) is 0 Å². The van der Waals surface area contributed by atoms with E-state index in [0.717, 1.165) is 23.5 Å². The molecular formula is C17H14ClN5O3S2. The van der Waals surface area contributed by atoms with Crippen LogP contribution in [-0.4, -0.2) is 31.3 Å². The van der Waals surface area contributed by atoms with Gasteiger partial charge in [0.15, 0.2) is 11.0 Å². The molecule has 0 bridgehead atoms. The Morgan fingerprint density at radius 2 is 2.21 bits per heavy atom. The van der Waals surface area contributed by atoms with E-state index in [1.807, 2.05) is 17.5 Å². The van der Waals surface area contributed by atoms with Gasteiger partial charge in [0.1, 0.15) is 0 Å². The first kappa shape index (κ1) is 18.9. The summed E-state index contributed by atoms with van der Waals surface area (Å²) >= 11 is 8.93. The number of amides is 1. The first-order chi connectivity index (χ1) is 13.5. The monoisotopic (exact) mass is 435 g/mol. The topological polar surface area (TPSA) is 103 Å². The zero-order chi connectivity index (χ0) is 19.7. The number of non-ortho nitro benzene ring substituents is 1. The Hall–Kier alpha value is -2.43. The number of carbonyl (C=O) groups is 1. The molecule has 1 N–H and O–H groups in total. The Morgan fingerprint density at radius 3 is 2.86 bits per heavy atom. The Morgan fingerprint density at radius 1 is 1.39 bits per heavy atom. The molecule has 0 radical (unpaired) electrons. The van der Waals surface area contributed by atoms with Crippen LogP contribution in [0.25, 0.3) is 10.7 Å². The van der Waals surface area contributed by atoms with Crippen molar-refractivity contribution >= 4 is 52.0 Å². The second-order valence-electron chi connectivity index (χ2n) is 6.14. The lowest BCUT2D eigenvalue weighted by molar-refractivity contribution is -0.384. The maximum absolute atomic E-state index is 12.3. The second-order valence-corrected chi connectivity index (χ2v) is 8.44. The van der Waals surface area contributed by atoms with Gasteiger partial charge in [-0.2, -0.15) is 0 Å². The number of halogens is 1. The van der Waals surface area contributed by atoms with E-state index < -0.39 is 4.92 Å². The molecule has 2 heterocycles. The molecule has 8 nitrogen and oxygen atoms in total. The molecule has 0 saturated heterocycles. The minimum Gasteiger partial charge on any atom is -0.324 e. The lowest BCUT2D eigenvalue weighted by atomic mass is 10.3. The molecule has 0 unspecified atom stereocenters. The normalized spacial score (nSPS) is 13.5. The van der Waals surface area contributed by atoms with Gasteiger partial charge < -0.3 is 5.32 Å². The fourth-order valence-corrected chi connectivity index (χ4v) is 4.38. The van der Waals surface area contributed by atoms with Gasteiger partial charge >= 0.3 is 0 Å². The third kappa shape index (κ3) is 4.03. The van der Waals surface area contributed by atoms with Crippen LogP contribution in [0.2, 0.25) is 5.02 Å². The second kappa shape index (κ2) is 7.90. The van der Waals surface area contributed by atoms with Crippen LogP contribution in [0.5, 0.6) is 0 Å². The molecule has 0 spiro atoms. The number of nitrogens with zero attached hydrogens (tertiary/aromatic N) is 4. The van der Waals surface area contributed by atoms with E-state index in [4.69, 9.17) is 11.6 Å². The minimum absolute atomic E-state index is 0.119. The largest absolute Gasteiger partial charge is 0.324 e. The molecule has 1 aromatic carbocycles. The van der Waals surface area contributed by atoms with E-state index in [1.54, 1.807) is 11.3 Å². The van der Waals surface area contributed by atoms with Crippen LogP contribution in [0.1, 0.15) is 18.9 Å². The number of rotatable bonds is 7. The Balaban J connectivity index is 1.44. The highest BCUT2D eigenvalue weighted by molar-refractivity contribution is 7.99. The lowest BCUT2D eigenvalue weighted by Gasteiger charge is -2.09. The van der Waals surface area contributed by atoms with Gasteiger partial charge in [-0.15, -0.1) is 21.5 Å². The zero-order valence-corrected chi connectivity index (χ0v) is 16.8. The van der Waals surface area contributed by atoms with E-state index >= 15 is 0 Å². The average molecular weight is 436 g/mol. The van der Waals surface area contributed by atoms with Crippen molar-refractivity contribution in [3.05, 3.63) is 50.8 Å². The number of nitro groups is 1. The number of nitro benzene ring substituents is 1. The third-order valence-corrected chi connectivity index (χ3v) is 6.21. The van der Waals surface area contributed by atoms with Crippen molar-refractivity contribution in [1.82, 2.24) is 14.8 Å². The van der Waals surface area contributed by atoms with Gasteiger partial charge in [-0.05, 0) is 30.4 Å². The number of anilines is 1. The standard InChI is InChI=1S/C17H14ClN5O3S2/c18-12-8-11(23(25)26)5-6-13(12)19-15(24)9-28-17-21-20-16(14-2-1-7-27-14)22(17)10-3-4-10/h1-2,5-8,10H,3-4,9H2,(H,19,24). The number of aromatic nitrogens is 3. The molecule has 11 heteroatoms.